The van der Waals surface area contributed by atoms with E-state index in [4.69, 9.17) is 4.74 Å². The van der Waals surface area contributed by atoms with E-state index in [0.29, 0.717) is 12.2 Å². The Morgan fingerprint density at radius 1 is 1.14 bits per heavy atom. The Morgan fingerprint density at radius 2 is 1.69 bits per heavy atom. The minimum atomic E-state index is -3.92. The first kappa shape index (κ1) is 24.9. The second-order valence-electron chi connectivity index (χ2n) is 8.47. The summed E-state index contributed by atoms with van der Waals surface area (Å²) in [5, 5.41) is 2.79. The van der Waals surface area contributed by atoms with Crippen molar-refractivity contribution < 1.29 is 22.7 Å². The summed E-state index contributed by atoms with van der Waals surface area (Å²) < 4.78 is 33.0. The lowest BCUT2D eigenvalue weighted by Gasteiger charge is -2.27. The summed E-state index contributed by atoms with van der Waals surface area (Å²) >= 11 is 0. The maximum absolute atomic E-state index is 12.9. The standard InChI is InChI=1S/C20H33N3O5S/c1-14(2)12-17(19(25)23(6)13-18(24)21-20(3,4)5)22-29(26,27)16-10-8-15(28-7)9-11-16/h8-11,14,17,22H,12-13H2,1-7H3,(H,21,24). The lowest BCUT2D eigenvalue weighted by atomic mass is 10.0. The number of nitrogens with zero attached hydrogens (tertiary/aromatic N) is 1. The number of amides is 2. The molecule has 0 aromatic heterocycles. The second-order valence-corrected chi connectivity index (χ2v) is 10.2. The van der Waals surface area contributed by atoms with Crippen LogP contribution in [-0.4, -0.2) is 57.4 Å². The van der Waals surface area contributed by atoms with Gasteiger partial charge in [0.25, 0.3) is 0 Å². The Morgan fingerprint density at radius 3 is 2.14 bits per heavy atom. The molecule has 0 saturated heterocycles. The average Bonchev–Trinajstić information content (AvgIpc) is 2.58. The zero-order valence-electron chi connectivity index (χ0n) is 18.3. The number of hydrogen-bond acceptors (Lipinski definition) is 5. The van der Waals surface area contributed by atoms with Crippen molar-refractivity contribution in [3.8, 4) is 5.75 Å². The summed E-state index contributed by atoms with van der Waals surface area (Å²) in [5.41, 5.74) is -0.422. The van der Waals surface area contributed by atoms with Gasteiger partial charge in [0.1, 0.15) is 11.8 Å². The Hall–Kier alpha value is -2.13. The molecule has 0 spiro atoms. The highest BCUT2D eigenvalue weighted by atomic mass is 32.2. The van der Waals surface area contributed by atoms with Gasteiger partial charge in [-0.2, -0.15) is 4.72 Å². The molecule has 0 bridgehead atoms. The fourth-order valence-corrected chi connectivity index (χ4v) is 3.90. The van der Waals surface area contributed by atoms with Crippen LogP contribution in [0.5, 0.6) is 5.75 Å². The number of hydrogen-bond donors (Lipinski definition) is 2. The van der Waals surface area contributed by atoms with E-state index in [-0.39, 0.29) is 23.3 Å². The molecule has 0 heterocycles. The lowest BCUT2D eigenvalue weighted by Crippen LogP contribution is -2.51. The van der Waals surface area contributed by atoms with Gasteiger partial charge in [0.05, 0.1) is 18.6 Å². The van der Waals surface area contributed by atoms with Crippen molar-refractivity contribution in [1.29, 1.82) is 0 Å². The Bertz CT molecular complexity index is 798. The monoisotopic (exact) mass is 427 g/mol. The maximum atomic E-state index is 12.9. The van der Waals surface area contributed by atoms with Gasteiger partial charge in [-0.15, -0.1) is 0 Å². The van der Waals surface area contributed by atoms with Crippen LogP contribution in [0.15, 0.2) is 29.2 Å². The topological polar surface area (TPSA) is 105 Å². The molecule has 0 radical (unpaired) electrons. The van der Waals surface area contributed by atoms with Crippen LogP contribution in [0.2, 0.25) is 0 Å². The van der Waals surface area contributed by atoms with Crippen LogP contribution >= 0.6 is 0 Å². The van der Waals surface area contributed by atoms with Gasteiger partial charge in [0, 0.05) is 12.6 Å². The van der Waals surface area contributed by atoms with Crippen molar-refractivity contribution >= 4 is 21.8 Å². The Balaban J connectivity index is 2.97. The lowest BCUT2D eigenvalue weighted by molar-refractivity contribution is -0.136. The van der Waals surface area contributed by atoms with Crippen LogP contribution in [0.25, 0.3) is 0 Å². The van der Waals surface area contributed by atoms with Crippen LogP contribution in [-0.2, 0) is 19.6 Å². The first-order chi connectivity index (χ1) is 13.2. The first-order valence-corrected chi connectivity index (χ1v) is 11.0. The molecule has 1 atom stereocenters. The third-order valence-corrected chi connectivity index (χ3v) is 5.43. The minimum Gasteiger partial charge on any atom is -0.497 e. The predicted octanol–water partition coefficient (Wildman–Crippen LogP) is 1.76. The maximum Gasteiger partial charge on any atom is 0.241 e. The highest BCUT2D eigenvalue weighted by molar-refractivity contribution is 7.89. The molecule has 2 amide bonds. The van der Waals surface area contributed by atoms with E-state index in [1.54, 1.807) is 0 Å². The number of nitrogens with one attached hydrogen (secondary N) is 2. The number of sulfonamides is 1. The fourth-order valence-electron chi connectivity index (χ4n) is 2.70. The normalized spacial score (nSPS) is 13.1. The molecule has 0 aliphatic heterocycles. The molecule has 1 rings (SSSR count). The highest BCUT2D eigenvalue weighted by Crippen LogP contribution is 2.17. The SMILES string of the molecule is COc1ccc(S(=O)(=O)NC(CC(C)C)C(=O)N(C)CC(=O)NC(C)(C)C)cc1. The summed E-state index contributed by atoms with van der Waals surface area (Å²) in [7, 11) is -0.943. The molecule has 0 saturated carbocycles. The molecular weight excluding hydrogens is 394 g/mol. The van der Waals surface area contributed by atoms with Crippen LogP contribution in [0.3, 0.4) is 0 Å². The van der Waals surface area contributed by atoms with E-state index in [1.165, 1.54) is 43.3 Å². The second kappa shape index (κ2) is 10.1. The van der Waals surface area contributed by atoms with Crippen molar-refractivity contribution in [3.05, 3.63) is 24.3 Å². The summed E-state index contributed by atoms with van der Waals surface area (Å²) in [6.07, 6.45) is 0.305. The summed E-state index contributed by atoms with van der Waals surface area (Å²) in [6, 6.07) is 4.93. The molecule has 9 heteroatoms. The molecule has 2 N–H and O–H groups in total. The molecule has 29 heavy (non-hydrogen) atoms. The van der Waals surface area contributed by atoms with Gasteiger partial charge in [-0.25, -0.2) is 8.42 Å². The predicted molar refractivity (Wildman–Crippen MR) is 112 cm³/mol. The summed E-state index contributed by atoms with van der Waals surface area (Å²) in [6.45, 7) is 9.17. The largest absolute Gasteiger partial charge is 0.497 e. The van der Waals surface area contributed by atoms with Crippen LogP contribution < -0.4 is 14.8 Å². The smallest absolute Gasteiger partial charge is 0.241 e. The molecule has 1 unspecified atom stereocenters. The molecule has 0 aliphatic rings. The Kier molecular flexibility index (Phi) is 8.65. The Labute approximate surface area is 174 Å². The van der Waals surface area contributed by atoms with Crippen molar-refractivity contribution in [1.82, 2.24) is 14.9 Å². The number of methoxy groups -OCH3 is 1. The number of rotatable bonds is 9. The molecule has 1 aromatic rings. The van der Waals surface area contributed by atoms with E-state index < -0.39 is 27.5 Å². The van der Waals surface area contributed by atoms with Gasteiger partial charge >= 0.3 is 0 Å². The number of likely N-dealkylation sites (N-methyl/N-ethyl adjacent to an activating group) is 1. The van der Waals surface area contributed by atoms with Crippen molar-refractivity contribution in [3.63, 3.8) is 0 Å². The quantitative estimate of drug-likeness (QED) is 0.625. The van der Waals surface area contributed by atoms with E-state index in [0.717, 1.165) is 0 Å². The van der Waals surface area contributed by atoms with E-state index in [9.17, 15) is 18.0 Å². The van der Waals surface area contributed by atoms with Crippen molar-refractivity contribution in [2.24, 2.45) is 5.92 Å². The van der Waals surface area contributed by atoms with Gasteiger partial charge in [-0.1, -0.05) is 13.8 Å². The van der Waals surface area contributed by atoms with Gasteiger partial charge in [0.15, 0.2) is 0 Å². The molecule has 0 aliphatic carbocycles. The highest BCUT2D eigenvalue weighted by Gasteiger charge is 2.29. The zero-order valence-corrected chi connectivity index (χ0v) is 19.1. The molecule has 0 fully saturated rings. The van der Waals surface area contributed by atoms with Gasteiger partial charge < -0.3 is 15.0 Å². The molecule has 8 nitrogen and oxygen atoms in total. The summed E-state index contributed by atoms with van der Waals surface area (Å²) in [5.74, 6) is -0.169. The van der Waals surface area contributed by atoms with Crippen molar-refractivity contribution in [2.75, 3.05) is 20.7 Å². The average molecular weight is 428 g/mol. The van der Waals surface area contributed by atoms with Crippen molar-refractivity contribution in [2.45, 2.75) is 57.5 Å². The number of carbonyl (C=O) groups is 2. The van der Waals surface area contributed by atoms with Crippen LogP contribution in [0.4, 0.5) is 0 Å². The van der Waals surface area contributed by atoms with Gasteiger partial charge in [0.2, 0.25) is 21.8 Å². The third-order valence-electron chi connectivity index (χ3n) is 3.94. The van der Waals surface area contributed by atoms with Gasteiger partial charge in [-0.05, 0) is 57.4 Å². The minimum absolute atomic E-state index is 0.0352. The molecular formula is C20H33N3O5S. The third kappa shape index (κ3) is 8.41. The number of carbonyl (C=O) groups excluding carboxylic acids is 2. The first-order valence-electron chi connectivity index (χ1n) is 9.47. The van der Waals surface area contributed by atoms with E-state index >= 15 is 0 Å². The van der Waals surface area contributed by atoms with Crippen LogP contribution in [0, 0.1) is 5.92 Å². The van der Waals surface area contributed by atoms with Gasteiger partial charge in [-0.3, -0.25) is 9.59 Å². The van der Waals surface area contributed by atoms with E-state index in [2.05, 4.69) is 10.0 Å². The zero-order chi connectivity index (χ0) is 22.4. The number of benzene rings is 1. The fraction of sp³-hybridized carbons (Fsp3) is 0.600. The number of ether oxygens (including phenoxy) is 1. The summed E-state index contributed by atoms with van der Waals surface area (Å²) in [4.78, 5) is 26.3. The van der Waals surface area contributed by atoms with Crippen LogP contribution in [0.1, 0.15) is 41.0 Å². The van der Waals surface area contributed by atoms with E-state index in [1.807, 2.05) is 34.6 Å². The molecule has 1 aromatic carbocycles. The molecule has 164 valence electrons.